The van der Waals surface area contributed by atoms with E-state index in [2.05, 4.69) is 217 Å². The molecular weight excluding hydrogens is 743 g/mol. The number of benzene rings is 10. The molecule has 12 rings (SSSR count). The fourth-order valence-corrected chi connectivity index (χ4v) is 9.28. The van der Waals surface area contributed by atoms with Crippen LogP contribution in [-0.2, 0) is 0 Å². The number of para-hydroxylation sites is 2. The molecule has 0 unspecified atom stereocenters. The van der Waals surface area contributed by atoms with E-state index in [9.17, 15) is 0 Å². The van der Waals surface area contributed by atoms with Gasteiger partial charge in [-0.3, -0.25) is 0 Å². The van der Waals surface area contributed by atoms with Crippen LogP contribution in [0.1, 0.15) is 0 Å². The third-order valence-corrected chi connectivity index (χ3v) is 12.1. The Morgan fingerprint density at radius 2 is 0.902 bits per heavy atom. The summed E-state index contributed by atoms with van der Waals surface area (Å²) in [5.74, 6) is 0. The van der Waals surface area contributed by atoms with Crippen molar-refractivity contribution in [2.45, 2.75) is 0 Å². The van der Waals surface area contributed by atoms with Crippen molar-refractivity contribution in [2.24, 2.45) is 0 Å². The Morgan fingerprint density at radius 1 is 0.295 bits per heavy atom. The molecule has 0 spiro atoms. The molecule has 2 heterocycles. The second kappa shape index (κ2) is 14.3. The first-order valence-electron chi connectivity index (χ1n) is 20.7. The van der Waals surface area contributed by atoms with Crippen LogP contribution in [-0.4, -0.2) is 0 Å². The van der Waals surface area contributed by atoms with E-state index in [1.165, 1.54) is 22.3 Å². The molecule has 0 radical (unpaired) electrons. The van der Waals surface area contributed by atoms with Gasteiger partial charge >= 0.3 is 0 Å². The lowest BCUT2D eigenvalue weighted by atomic mass is 9.91. The summed E-state index contributed by atoms with van der Waals surface area (Å²) < 4.78 is 13.2. The minimum Gasteiger partial charge on any atom is -0.456 e. The molecule has 0 fully saturated rings. The van der Waals surface area contributed by atoms with Crippen molar-refractivity contribution in [1.29, 1.82) is 0 Å². The molecule has 10 aromatic carbocycles. The maximum atomic E-state index is 6.69. The molecule has 3 nitrogen and oxygen atoms in total. The van der Waals surface area contributed by atoms with E-state index in [1.54, 1.807) is 0 Å². The Labute approximate surface area is 353 Å². The number of hydrogen-bond donors (Lipinski definition) is 0. The first-order valence-corrected chi connectivity index (χ1v) is 20.7. The molecule has 0 aliphatic heterocycles. The lowest BCUT2D eigenvalue weighted by molar-refractivity contribution is 0.669. The van der Waals surface area contributed by atoms with Gasteiger partial charge in [-0.2, -0.15) is 0 Å². The van der Waals surface area contributed by atoms with E-state index >= 15 is 0 Å². The summed E-state index contributed by atoms with van der Waals surface area (Å²) in [6.45, 7) is 0. The largest absolute Gasteiger partial charge is 0.456 e. The molecule has 0 aliphatic rings. The number of rotatable bonds is 7. The molecule has 61 heavy (non-hydrogen) atoms. The number of furan rings is 2. The smallest absolute Gasteiger partial charge is 0.143 e. The van der Waals surface area contributed by atoms with Gasteiger partial charge in [-0.25, -0.2) is 0 Å². The SMILES string of the molecule is c1ccc(-c2ccc(-c3ccc(N(c4ccccc4-c4cccc5oc6c7ccccc7ccc6c45)c4cccc5oc6ccccc6c45)cc3)cc2-c2ccccc2)cc1. The Bertz CT molecular complexity index is 3580. The minimum absolute atomic E-state index is 0.847. The van der Waals surface area contributed by atoms with Gasteiger partial charge in [0.1, 0.15) is 22.3 Å². The van der Waals surface area contributed by atoms with Crippen LogP contribution >= 0.6 is 0 Å². The molecule has 2 aromatic heterocycles. The normalized spacial score (nSPS) is 11.6. The maximum absolute atomic E-state index is 6.69. The molecule has 0 atom stereocenters. The van der Waals surface area contributed by atoms with Crippen LogP contribution in [0, 0.1) is 0 Å². The van der Waals surface area contributed by atoms with Gasteiger partial charge in [0, 0.05) is 32.8 Å². The topological polar surface area (TPSA) is 29.5 Å². The average Bonchev–Trinajstić information content (AvgIpc) is 3.92. The van der Waals surface area contributed by atoms with Crippen LogP contribution in [0.2, 0.25) is 0 Å². The van der Waals surface area contributed by atoms with Gasteiger partial charge in [0.25, 0.3) is 0 Å². The van der Waals surface area contributed by atoms with E-state index in [0.717, 1.165) is 94.0 Å². The van der Waals surface area contributed by atoms with E-state index in [1.807, 2.05) is 12.1 Å². The highest BCUT2D eigenvalue weighted by molar-refractivity contribution is 6.20. The van der Waals surface area contributed by atoms with E-state index in [-0.39, 0.29) is 0 Å². The molecule has 0 bridgehead atoms. The molecule has 0 amide bonds. The highest BCUT2D eigenvalue weighted by atomic mass is 16.3. The van der Waals surface area contributed by atoms with Crippen LogP contribution in [0.4, 0.5) is 17.1 Å². The lowest BCUT2D eigenvalue weighted by Crippen LogP contribution is -2.11. The molecule has 0 saturated carbocycles. The molecule has 3 heteroatoms. The summed E-state index contributed by atoms with van der Waals surface area (Å²) in [5.41, 5.74) is 15.9. The van der Waals surface area contributed by atoms with Crippen LogP contribution < -0.4 is 4.90 Å². The van der Waals surface area contributed by atoms with Gasteiger partial charge in [0.05, 0.1) is 16.8 Å². The Morgan fingerprint density at radius 3 is 1.72 bits per heavy atom. The zero-order valence-corrected chi connectivity index (χ0v) is 33.1. The summed E-state index contributed by atoms with van der Waals surface area (Å²) in [6.07, 6.45) is 0. The number of hydrogen-bond acceptors (Lipinski definition) is 3. The van der Waals surface area contributed by atoms with Crippen molar-refractivity contribution in [1.82, 2.24) is 0 Å². The van der Waals surface area contributed by atoms with Crippen molar-refractivity contribution >= 4 is 71.7 Å². The van der Waals surface area contributed by atoms with Gasteiger partial charge in [-0.1, -0.05) is 170 Å². The van der Waals surface area contributed by atoms with Crippen molar-refractivity contribution in [3.63, 3.8) is 0 Å². The van der Waals surface area contributed by atoms with Gasteiger partial charge in [0.15, 0.2) is 0 Å². The van der Waals surface area contributed by atoms with Crippen molar-refractivity contribution in [3.05, 3.63) is 224 Å². The summed E-state index contributed by atoms with van der Waals surface area (Å²) in [7, 11) is 0. The lowest BCUT2D eigenvalue weighted by Gasteiger charge is -2.29. The Balaban J connectivity index is 1.06. The van der Waals surface area contributed by atoms with Crippen LogP contribution in [0.5, 0.6) is 0 Å². The van der Waals surface area contributed by atoms with Gasteiger partial charge in [-0.15, -0.1) is 0 Å². The van der Waals surface area contributed by atoms with Gasteiger partial charge in [0.2, 0.25) is 0 Å². The second-order valence-corrected chi connectivity index (χ2v) is 15.6. The number of nitrogens with zero attached hydrogens (tertiary/aromatic N) is 1. The van der Waals surface area contributed by atoms with Gasteiger partial charge < -0.3 is 13.7 Å². The van der Waals surface area contributed by atoms with E-state index in [0.29, 0.717) is 0 Å². The minimum atomic E-state index is 0.847. The maximum Gasteiger partial charge on any atom is 0.143 e. The fraction of sp³-hybridized carbons (Fsp3) is 0. The third-order valence-electron chi connectivity index (χ3n) is 12.1. The number of anilines is 3. The third kappa shape index (κ3) is 5.82. The standard InChI is InChI=1S/C58H37NO2/c1-3-15-39(16-4-1)44-35-32-42(37-50(44)40-17-5-2-6-18-40)38-29-33-43(34-30-38)59(52-25-14-28-55-57(52)48-22-10-12-26-53(48)60-55)51-24-11-9-21-46(51)47-23-13-27-54-56(47)49-36-31-41-19-7-8-20-45(41)58(49)61-54/h1-37H. The van der Waals surface area contributed by atoms with Gasteiger partial charge in [-0.05, 0) is 98.9 Å². The second-order valence-electron chi connectivity index (χ2n) is 15.6. The molecule has 0 N–H and O–H groups in total. The molecule has 286 valence electrons. The van der Waals surface area contributed by atoms with Crippen LogP contribution in [0.25, 0.3) is 99.2 Å². The predicted molar refractivity (Wildman–Crippen MR) is 255 cm³/mol. The highest BCUT2D eigenvalue weighted by Gasteiger charge is 2.24. The highest BCUT2D eigenvalue weighted by Crippen LogP contribution is 2.48. The monoisotopic (exact) mass is 779 g/mol. The van der Waals surface area contributed by atoms with E-state index < -0.39 is 0 Å². The van der Waals surface area contributed by atoms with Crippen molar-refractivity contribution in [2.75, 3.05) is 4.90 Å². The van der Waals surface area contributed by atoms with Crippen LogP contribution in [0.3, 0.4) is 0 Å². The Kier molecular flexibility index (Phi) is 8.17. The number of fused-ring (bicyclic) bond motifs is 8. The first-order chi connectivity index (χ1) is 30.3. The summed E-state index contributed by atoms with van der Waals surface area (Å²) in [4.78, 5) is 2.40. The predicted octanol–water partition coefficient (Wildman–Crippen LogP) is 16.8. The molecule has 0 aliphatic carbocycles. The Hall–Kier alpha value is -8.14. The first kappa shape index (κ1) is 34.9. The average molecular weight is 780 g/mol. The van der Waals surface area contributed by atoms with E-state index in [4.69, 9.17) is 8.83 Å². The molecule has 12 aromatic rings. The summed E-state index contributed by atoms with van der Waals surface area (Å²) in [6, 6.07) is 79.9. The van der Waals surface area contributed by atoms with Crippen molar-refractivity contribution < 1.29 is 8.83 Å². The zero-order valence-electron chi connectivity index (χ0n) is 33.1. The molecular formula is C58H37NO2. The van der Waals surface area contributed by atoms with Crippen LogP contribution in [0.15, 0.2) is 233 Å². The summed E-state index contributed by atoms with van der Waals surface area (Å²) in [5, 5.41) is 6.63. The zero-order chi connectivity index (χ0) is 40.3. The fourth-order valence-electron chi connectivity index (χ4n) is 9.28. The molecule has 0 saturated heterocycles. The summed E-state index contributed by atoms with van der Waals surface area (Å²) >= 11 is 0. The quantitative estimate of drug-likeness (QED) is 0.161. The van der Waals surface area contributed by atoms with Crippen molar-refractivity contribution in [3.8, 4) is 44.5 Å².